The number of fused-ring (bicyclic) bond motifs is 9. The van der Waals surface area contributed by atoms with Crippen molar-refractivity contribution >= 4 is 53.9 Å². The maximum Gasteiger partial charge on any atom is 0.0159 e. The largest absolute Gasteiger partial charge is 0.0619 e. The highest BCUT2D eigenvalue weighted by Crippen LogP contribution is 2.52. The second-order valence-corrected chi connectivity index (χ2v) is 16.8. The van der Waals surface area contributed by atoms with Gasteiger partial charge in [0.05, 0.1) is 0 Å². The van der Waals surface area contributed by atoms with E-state index in [4.69, 9.17) is 0 Å². The average molecular weight is 749 g/mol. The van der Waals surface area contributed by atoms with Crippen LogP contribution in [0.5, 0.6) is 0 Å². The maximum atomic E-state index is 2.49. The fourth-order valence-corrected chi connectivity index (χ4v) is 10.3. The molecule has 276 valence electrons. The van der Waals surface area contributed by atoms with Crippen molar-refractivity contribution in [3.8, 4) is 55.6 Å². The van der Waals surface area contributed by atoms with Gasteiger partial charge >= 0.3 is 0 Å². The Morgan fingerprint density at radius 2 is 0.780 bits per heavy atom. The summed E-state index contributed by atoms with van der Waals surface area (Å²) in [7, 11) is 0. The molecule has 11 aromatic carbocycles. The Hall–Kier alpha value is -7.28. The van der Waals surface area contributed by atoms with Crippen molar-refractivity contribution in [2.45, 2.75) is 19.3 Å². The van der Waals surface area contributed by atoms with E-state index >= 15 is 0 Å². The molecule has 0 bridgehead atoms. The van der Waals surface area contributed by atoms with Gasteiger partial charge in [0.15, 0.2) is 0 Å². The van der Waals surface area contributed by atoms with Gasteiger partial charge in [0, 0.05) is 5.41 Å². The van der Waals surface area contributed by atoms with Gasteiger partial charge in [0.2, 0.25) is 0 Å². The van der Waals surface area contributed by atoms with Crippen molar-refractivity contribution in [2.24, 2.45) is 0 Å². The lowest BCUT2D eigenvalue weighted by Crippen LogP contribution is -2.14. The molecule has 0 radical (unpaired) electrons. The van der Waals surface area contributed by atoms with Crippen molar-refractivity contribution < 1.29 is 0 Å². The van der Waals surface area contributed by atoms with E-state index in [1.54, 1.807) is 0 Å². The molecule has 0 saturated heterocycles. The second kappa shape index (κ2) is 12.9. The van der Waals surface area contributed by atoms with Gasteiger partial charge < -0.3 is 0 Å². The minimum atomic E-state index is -0.0954. The highest BCUT2D eigenvalue weighted by atomic mass is 14.4. The zero-order valence-electron chi connectivity index (χ0n) is 33.1. The number of rotatable bonds is 4. The van der Waals surface area contributed by atoms with Gasteiger partial charge in [0.1, 0.15) is 0 Å². The molecule has 0 nitrogen and oxygen atoms in total. The van der Waals surface area contributed by atoms with Gasteiger partial charge in [-0.2, -0.15) is 0 Å². The third kappa shape index (κ3) is 5.16. The summed E-state index contributed by atoms with van der Waals surface area (Å²) in [6.07, 6.45) is 0. The zero-order chi connectivity index (χ0) is 39.2. The normalized spacial score (nSPS) is 13.1. The smallest absolute Gasteiger partial charge is 0.0159 e. The first-order valence-corrected chi connectivity index (χ1v) is 20.7. The standard InChI is InChI=1S/C59H40/c1-59(2)55-22-12-11-19-48(55)49-31-30-44(36-56(49)59)58-51-21-10-9-20-50(51)57(52-32-29-42(34-54(52)58)41-28-23-37-13-3-4-14-40(37)33-41)39-26-24-38(25-27-39)53-35-43-15-5-6-16-45(43)46-17-7-8-18-47(46)53/h3-36H,1-2H3. The van der Waals surface area contributed by atoms with E-state index < -0.39 is 0 Å². The summed E-state index contributed by atoms with van der Waals surface area (Å²) in [5.74, 6) is 0. The Balaban J connectivity index is 1.10. The summed E-state index contributed by atoms with van der Waals surface area (Å²) in [5, 5.41) is 12.7. The highest BCUT2D eigenvalue weighted by Gasteiger charge is 2.35. The van der Waals surface area contributed by atoms with E-state index in [0.29, 0.717) is 0 Å². The molecular formula is C59H40. The van der Waals surface area contributed by atoms with Crippen LogP contribution in [0.3, 0.4) is 0 Å². The van der Waals surface area contributed by atoms with E-state index in [9.17, 15) is 0 Å². The van der Waals surface area contributed by atoms with E-state index in [0.717, 1.165) is 0 Å². The lowest BCUT2D eigenvalue weighted by Gasteiger charge is -2.23. The molecule has 1 aliphatic carbocycles. The summed E-state index contributed by atoms with van der Waals surface area (Å²) < 4.78 is 0. The quantitative estimate of drug-likeness (QED) is 0.124. The third-order valence-corrected chi connectivity index (χ3v) is 13.2. The number of benzene rings is 11. The third-order valence-electron chi connectivity index (χ3n) is 13.2. The Morgan fingerprint density at radius 1 is 0.254 bits per heavy atom. The first-order valence-electron chi connectivity index (χ1n) is 20.7. The molecule has 0 saturated carbocycles. The van der Waals surface area contributed by atoms with Crippen molar-refractivity contribution in [2.75, 3.05) is 0 Å². The summed E-state index contributed by atoms with van der Waals surface area (Å²) in [6.45, 7) is 4.76. The van der Waals surface area contributed by atoms with Gasteiger partial charge in [-0.15, -0.1) is 0 Å². The van der Waals surface area contributed by atoms with Crippen LogP contribution < -0.4 is 0 Å². The zero-order valence-corrected chi connectivity index (χ0v) is 33.1. The lowest BCUT2D eigenvalue weighted by atomic mass is 9.80. The molecule has 0 atom stereocenters. The van der Waals surface area contributed by atoms with E-state index in [1.807, 2.05) is 0 Å². The van der Waals surface area contributed by atoms with Crippen molar-refractivity contribution in [3.63, 3.8) is 0 Å². The van der Waals surface area contributed by atoms with Gasteiger partial charge in [-0.1, -0.05) is 196 Å². The Kier molecular flexibility index (Phi) is 7.38. The molecule has 12 rings (SSSR count). The predicted octanol–water partition coefficient (Wildman–Crippen LogP) is 16.4. The van der Waals surface area contributed by atoms with Crippen molar-refractivity contribution in [1.29, 1.82) is 0 Å². The van der Waals surface area contributed by atoms with E-state index in [2.05, 4.69) is 220 Å². The molecule has 59 heavy (non-hydrogen) atoms. The minimum absolute atomic E-state index is 0.0954. The summed E-state index contributed by atoms with van der Waals surface area (Å²) >= 11 is 0. The van der Waals surface area contributed by atoms with Crippen LogP contribution in [0.1, 0.15) is 25.0 Å². The Morgan fingerprint density at radius 3 is 1.58 bits per heavy atom. The van der Waals surface area contributed by atoms with E-state index in [1.165, 1.54) is 121 Å². The maximum absolute atomic E-state index is 2.49. The molecule has 0 aromatic heterocycles. The molecule has 0 unspecified atom stereocenters. The Bertz CT molecular complexity index is 3510. The van der Waals surface area contributed by atoms with Gasteiger partial charge in [-0.05, 0) is 145 Å². The van der Waals surface area contributed by atoms with Crippen LogP contribution in [0.15, 0.2) is 206 Å². The monoisotopic (exact) mass is 748 g/mol. The summed E-state index contributed by atoms with van der Waals surface area (Å²) in [4.78, 5) is 0. The minimum Gasteiger partial charge on any atom is -0.0619 e. The summed E-state index contributed by atoms with van der Waals surface area (Å²) in [5.41, 5.74) is 15.4. The van der Waals surface area contributed by atoms with Crippen LogP contribution in [-0.4, -0.2) is 0 Å². The van der Waals surface area contributed by atoms with Gasteiger partial charge in [-0.3, -0.25) is 0 Å². The molecule has 0 fully saturated rings. The molecule has 11 aromatic rings. The molecule has 0 N–H and O–H groups in total. The van der Waals surface area contributed by atoms with Crippen LogP contribution >= 0.6 is 0 Å². The van der Waals surface area contributed by atoms with Crippen LogP contribution in [-0.2, 0) is 5.41 Å². The lowest BCUT2D eigenvalue weighted by molar-refractivity contribution is 0.660. The first-order chi connectivity index (χ1) is 29.0. The number of hydrogen-bond acceptors (Lipinski definition) is 0. The Labute approximate surface area is 344 Å². The summed E-state index contributed by atoms with van der Waals surface area (Å²) in [6, 6.07) is 77.1. The fourth-order valence-electron chi connectivity index (χ4n) is 10.3. The molecule has 1 aliphatic rings. The van der Waals surface area contributed by atoms with Crippen molar-refractivity contribution in [3.05, 3.63) is 217 Å². The SMILES string of the molecule is CC1(C)c2ccccc2-c2ccc(-c3c4ccccc4c(-c4ccc(-c5cc6ccccc6c6ccccc56)cc4)c4ccc(-c5ccc6ccccc6c5)cc34)cc21. The first kappa shape index (κ1) is 33.8. The number of hydrogen-bond donors (Lipinski definition) is 0. The topological polar surface area (TPSA) is 0 Å². The van der Waals surface area contributed by atoms with Crippen LogP contribution in [0.2, 0.25) is 0 Å². The second-order valence-electron chi connectivity index (χ2n) is 16.8. The van der Waals surface area contributed by atoms with Crippen LogP contribution in [0.25, 0.3) is 109 Å². The van der Waals surface area contributed by atoms with Gasteiger partial charge in [-0.25, -0.2) is 0 Å². The van der Waals surface area contributed by atoms with Crippen molar-refractivity contribution in [1.82, 2.24) is 0 Å². The molecular weight excluding hydrogens is 709 g/mol. The van der Waals surface area contributed by atoms with E-state index in [-0.39, 0.29) is 5.41 Å². The molecule has 0 spiro atoms. The van der Waals surface area contributed by atoms with Crippen LogP contribution in [0, 0.1) is 0 Å². The molecule has 0 heterocycles. The highest BCUT2D eigenvalue weighted by molar-refractivity contribution is 6.22. The van der Waals surface area contributed by atoms with Gasteiger partial charge in [0.25, 0.3) is 0 Å². The fraction of sp³-hybridized carbons (Fsp3) is 0.0508. The average Bonchev–Trinajstić information content (AvgIpc) is 3.52. The molecule has 0 aliphatic heterocycles. The van der Waals surface area contributed by atoms with Crippen LogP contribution in [0.4, 0.5) is 0 Å². The predicted molar refractivity (Wildman–Crippen MR) is 253 cm³/mol. The molecule has 0 amide bonds. The molecule has 0 heteroatoms.